The predicted octanol–water partition coefficient (Wildman–Crippen LogP) is 3.02. The quantitative estimate of drug-likeness (QED) is 0.717. The van der Waals surface area contributed by atoms with E-state index in [9.17, 15) is 4.79 Å². The fourth-order valence-corrected chi connectivity index (χ4v) is 1.74. The zero-order chi connectivity index (χ0) is 14.3. The van der Waals surface area contributed by atoms with E-state index >= 15 is 0 Å². The maximum Gasteiger partial charge on any atom is 0.339 e. The van der Waals surface area contributed by atoms with Crippen LogP contribution in [0.3, 0.4) is 0 Å². The van der Waals surface area contributed by atoms with E-state index in [0.717, 1.165) is 13.0 Å². The van der Waals surface area contributed by atoms with Crippen LogP contribution >= 0.6 is 15.9 Å². The molecule has 1 aromatic heterocycles. The topological polar surface area (TPSA) is 71.5 Å². The van der Waals surface area contributed by atoms with Gasteiger partial charge in [0.05, 0.1) is 6.61 Å². The third-order valence-corrected chi connectivity index (χ3v) is 2.90. The Bertz CT molecular complexity index is 424. The number of pyridine rings is 1. The van der Waals surface area contributed by atoms with Gasteiger partial charge in [-0.05, 0) is 34.3 Å². The highest BCUT2D eigenvalue weighted by atomic mass is 79.9. The zero-order valence-corrected chi connectivity index (χ0v) is 12.7. The Morgan fingerprint density at radius 3 is 2.89 bits per heavy atom. The number of hydrogen-bond acceptors (Lipinski definition) is 4. The molecule has 0 atom stereocenters. The molecule has 5 nitrogen and oxygen atoms in total. The lowest BCUT2D eigenvalue weighted by Crippen LogP contribution is -2.14. The van der Waals surface area contributed by atoms with Crippen molar-refractivity contribution in [1.29, 1.82) is 0 Å². The van der Waals surface area contributed by atoms with E-state index in [1.54, 1.807) is 6.20 Å². The Balaban J connectivity index is 2.39. The largest absolute Gasteiger partial charge is 0.478 e. The SMILES string of the molecule is CC(C)CCOCCNc1ncc(Br)cc1C(=O)O. The molecule has 0 fully saturated rings. The van der Waals surface area contributed by atoms with Gasteiger partial charge in [-0.2, -0.15) is 0 Å². The first kappa shape index (κ1) is 15.9. The first-order valence-electron chi connectivity index (χ1n) is 6.21. The maximum absolute atomic E-state index is 11.1. The van der Waals surface area contributed by atoms with Gasteiger partial charge in [0.15, 0.2) is 0 Å². The monoisotopic (exact) mass is 330 g/mol. The molecule has 0 aromatic carbocycles. The second-order valence-electron chi connectivity index (χ2n) is 4.58. The van der Waals surface area contributed by atoms with E-state index in [0.29, 0.717) is 29.4 Å². The maximum atomic E-state index is 11.1. The van der Waals surface area contributed by atoms with E-state index in [1.807, 2.05) is 0 Å². The van der Waals surface area contributed by atoms with Crippen LogP contribution < -0.4 is 5.32 Å². The summed E-state index contributed by atoms with van der Waals surface area (Å²) in [5.41, 5.74) is 0.150. The van der Waals surface area contributed by atoms with Crippen LogP contribution in [0.15, 0.2) is 16.7 Å². The second-order valence-corrected chi connectivity index (χ2v) is 5.49. The Kier molecular flexibility index (Phi) is 6.80. The Hall–Kier alpha value is -1.14. The van der Waals surface area contributed by atoms with Crippen molar-refractivity contribution in [3.63, 3.8) is 0 Å². The third-order valence-electron chi connectivity index (χ3n) is 2.46. The summed E-state index contributed by atoms with van der Waals surface area (Å²) in [5, 5.41) is 12.0. The number of carboxylic acid groups (broad SMARTS) is 1. The molecular weight excluding hydrogens is 312 g/mol. The minimum absolute atomic E-state index is 0.150. The lowest BCUT2D eigenvalue weighted by molar-refractivity contribution is 0.0697. The summed E-state index contributed by atoms with van der Waals surface area (Å²) in [6.45, 7) is 6.08. The van der Waals surface area contributed by atoms with E-state index in [2.05, 4.69) is 40.1 Å². The highest BCUT2D eigenvalue weighted by Crippen LogP contribution is 2.17. The molecule has 0 saturated carbocycles. The molecule has 106 valence electrons. The van der Waals surface area contributed by atoms with Crippen LogP contribution in [0.4, 0.5) is 5.82 Å². The predicted molar refractivity (Wildman–Crippen MR) is 77.7 cm³/mol. The van der Waals surface area contributed by atoms with Gasteiger partial charge in [-0.15, -0.1) is 0 Å². The van der Waals surface area contributed by atoms with Gasteiger partial charge in [0.25, 0.3) is 0 Å². The molecule has 0 saturated heterocycles. The van der Waals surface area contributed by atoms with Crippen LogP contribution in [0.1, 0.15) is 30.6 Å². The Labute approximate surface area is 121 Å². The van der Waals surface area contributed by atoms with Gasteiger partial charge in [0.2, 0.25) is 0 Å². The molecule has 2 N–H and O–H groups in total. The molecule has 1 rings (SSSR count). The molecule has 0 amide bonds. The number of nitrogens with zero attached hydrogens (tertiary/aromatic N) is 1. The number of nitrogens with one attached hydrogen (secondary N) is 1. The number of aromatic nitrogens is 1. The molecule has 0 aliphatic heterocycles. The summed E-state index contributed by atoms with van der Waals surface area (Å²) in [7, 11) is 0. The number of rotatable bonds is 8. The van der Waals surface area contributed by atoms with E-state index in [1.165, 1.54) is 6.07 Å². The van der Waals surface area contributed by atoms with Crippen molar-refractivity contribution in [2.45, 2.75) is 20.3 Å². The van der Waals surface area contributed by atoms with Crippen molar-refractivity contribution in [3.8, 4) is 0 Å². The summed E-state index contributed by atoms with van der Waals surface area (Å²) in [5.74, 6) is -0.0140. The lowest BCUT2D eigenvalue weighted by atomic mass is 10.1. The van der Waals surface area contributed by atoms with Crippen LogP contribution in [-0.2, 0) is 4.74 Å². The van der Waals surface area contributed by atoms with Crippen LogP contribution in [0.2, 0.25) is 0 Å². The normalized spacial score (nSPS) is 10.7. The molecular formula is C13H19BrN2O3. The fraction of sp³-hybridized carbons (Fsp3) is 0.538. The standard InChI is InChI=1S/C13H19BrN2O3/c1-9(2)3-5-19-6-4-15-12-11(13(17)18)7-10(14)8-16-12/h7-9H,3-6H2,1-2H3,(H,15,16)(H,17,18). The van der Waals surface area contributed by atoms with E-state index < -0.39 is 5.97 Å². The number of ether oxygens (including phenoxy) is 1. The van der Waals surface area contributed by atoms with Gasteiger partial charge in [-0.25, -0.2) is 9.78 Å². The molecule has 1 heterocycles. The number of aromatic carboxylic acids is 1. The van der Waals surface area contributed by atoms with Gasteiger partial charge in [-0.3, -0.25) is 0 Å². The van der Waals surface area contributed by atoms with Crippen molar-refractivity contribution in [3.05, 3.63) is 22.3 Å². The van der Waals surface area contributed by atoms with Gasteiger partial charge < -0.3 is 15.2 Å². The molecule has 0 spiro atoms. The molecule has 0 radical (unpaired) electrons. The summed E-state index contributed by atoms with van der Waals surface area (Å²) in [4.78, 5) is 15.1. The van der Waals surface area contributed by atoms with Crippen molar-refractivity contribution < 1.29 is 14.6 Å². The highest BCUT2D eigenvalue weighted by Gasteiger charge is 2.11. The van der Waals surface area contributed by atoms with Crippen LogP contribution in [-0.4, -0.2) is 35.8 Å². The molecule has 0 bridgehead atoms. The Morgan fingerprint density at radius 2 is 2.26 bits per heavy atom. The van der Waals surface area contributed by atoms with Gasteiger partial charge in [0, 0.05) is 23.8 Å². The molecule has 0 aliphatic rings. The summed E-state index contributed by atoms with van der Waals surface area (Å²) in [6.07, 6.45) is 2.59. The van der Waals surface area contributed by atoms with Gasteiger partial charge in [-0.1, -0.05) is 13.8 Å². The van der Waals surface area contributed by atoms with Gasteiger partial charge in [0.1, 0.15) is 11.4 Å². The summed E-state index contributed by atoms with van der Waals surface area (Å²) < 4.78 is 6.09. The fourth-order valence-electron chi connectivity index (χ4n) is 1.41. The first-order valence-corrected chi connectivity index (χ1v) is 7.00. The number of carboxylic acids is 1. The van der Waals surface area contributed by atoms with Crippen molar-refractivity contribution in [2.24, 2.45) is 5.92 Å². The highest BCUT2D eigenvalue weighted by molar-refractivity contribution is 9.10. The van der Waals surface area contributed by atoms with Crippen LogP contribution in [0.25, 0.3) is 0 Å². The number of hydrogen-bond donors (Lipinski definition) is 2. The molecule has 0 aliphatic carbocycles. The number of halogens is 1. The van der Waals surface area contributed by atoms with Gasteiger partial charge >= 0.3 is 5.97 Å². The Morgan fingerprint density at radius 1 is 1.53 bits per heavy atom. The average molecular weight is 331 g/mol. The average Bonchev–Trinajstić information content (AvgIpc) is 2.34. The smallest absolute Gasteiger partial charge is 0.339 e. The molecule has 19 heavy (non-hydrogen) atoms. The van der Waals surface area contributed by atoms with Crippen molar-refractivity contribution in [2.75, 3.05) is 25.1 Å². The molecule has 1 aromatic rings. The first-order chi connectivity index (χ1) is 9.00. The third kappa shape index (κ3) is 6.02. The molecule has 6 heteroatoms. The second kappa shape index (κ2) is 8.12. The number of anilines is 1. The minimum atomic E-state index is -1.00. The van der Waals surface area contributed by atoms with Crippen LogP contribution in [0.5, 0.6) is 0 Å². The van der Waals surface area contributed by atoms with Crippen molar-refractivity contribution >= 4 is 27.7 Å². The summed E-state index contributed by atoms with van der Waals surface area (Å²) >= 11 is 3.20. The lowest BCUT2D eigenvalue weighted by Gasteiger charge is -2.10. The minimum Gasteiger partial charge on any atom is -0.478 e. The van der Waals surface area contributed by atoms with Crippen LogP contribution in [0, 0.1) is 5.92 Å². The van der Waals surface area contributed by atoms with E-state index in [4.69, 9.17) is 9.84 Å². The zero-order valence-electron chi connectivity index (χ0n) is 11.1. The van der Waals surface area contributed by atoms with E-state index in [-0.39, 0.29) is 5.56 Å². The number of carbonyl (C=O) groups is 1. The molecule has 0 unspecified atom stereocenters. The summed E-state index contributed by atoms with van der Waals surface area (Å²) in [6, 6.07) is 1.53. The van der Waals surface area contributed by atoms with Crippen molar-refractivity contribution in [1.82, 2.24) is 4.98 Å².